The van der Waals surface area contributed by atoms with Gasteiger partial charge in [0.15, 0.2) is 0 Å². The van der Waals surface area contributed by atoms with Gasteiger partial charge in [0.25, 0.3) is 5.91 Å². The van der Waals surface area contributed by atoms with Crippen molar-refractivity contribution < 1.29 is 4.79 Å². The Bertz CT molecular complexity index is 527. The van der Waals surface area contributed by atoms with Gasteiger partial charge in [-0.1, -0.05) is 0 Å². The summed E-state index contributed by atoms with van der Waals surface area (Å²) in [5.74, 6) is 1.04. The molecule has 1 atom stereocenters. The lowest BCUT2D eigenvalue weighted by atomic mass is 10.1. The molecule has 22 heavy (non-hydrogen) atoms. The van der Waals surface area contributed by atoms with Crippen molar-refractivity contribution in [2.45, 2.75) is 13.0 Å². The van der Waals surface area contributed by atoms with E-state index in [1.165, 1.54) is 0 Å². The van der Waals surface area contributed by atoms with Crippen LogP contribution >= 0.6 is 0 Å². The van der Waals surface area contributed by atoms with Crippen LogP contribution in [0.25, 0.3) is 0 Å². The van der Waals surface area contributed by atoms with Gasteiger partial charge in [0, 0.05) is 63.6 Å². The average Bonchev–Trinajstić information content (AvgIpc) is 2.55. The molecule has 0 saturated carbocycles. The fourth-order valence-electron chi connectivity index (χ4n) is 3.06. The van der Waals surface area contributed by atoms with Crippen molar-refractivity contribution in [3.8, 4) is 0 Å². The molecule has 1 aromatic rings. The molecule has 3 heterocycles. The zero-order valence-electron chi connectivity index (χ0n) is 13.5. The van der Waals surface area contributed by atoms with E-state index < -0.39 is 0 Å². The van der Waals surface area contributed by atoms with Crippen LogP contribution in [0.4, 0.5) is 5.82 Å². The second kappa shape index (κ2) is 6.62. The van der Waals surface area contributed by atoms with Crippen LogP contribution in [0.15, 0.2) is 18.3 Å². The molecule has 0 bridgehead atoms. The third-order valence-corrected chi connectivity index (χ3v) is 4.48. The Morgan fingerprint density at radius 1 is 1.27 bits per heavy atom. The lowest BCUT2D eigenvalue weighted by Crippen LogP contribution is -2.51. The third kappa shape index (κ3) is 3.39. The molecule has 0 spiro atoms. The highest BCUT2D eigenvalue weighted by Gasteiger charge is 2.23. The maximum atomic E-state index is 12.7. The van der Waals surface area contributed by atoms with Crippen LogP contribution in [-0.2, 0) is 0 Å². The largest absolute Gasteiger partial charge is 0.354 e. The Balaban J connectivity index is 1.71. The molecule has 1 unspecified atom stereocenters. The van der Waals surface area contributed by atoms with Crippen molar-refractivity contribution >= 4 is 11.7 Å². The van der Waals surface area contributed by atoms with Crippen LogP contribution in [0.3, 0.4) is 0 Å². The molecule has 0 radical (unpaired) electrons. The van der Waals surface area contributed by atoms with Gasteiger partial charge in [0.1, 0.15) is 5.82 Å². The van der Waals surface area contributed by atoms with Gasteiger partial charge in [0.2, 0.25) is 0 Å². The summed E-state index contributed by atoms with van der Waals surface area (Å²) in [6, 6.07) is 4.13. The van der Waals surface area contributed by atoms with E-state index in [9.17, 15) is 4.79 Å². The van der Waals surface area contributed by atoms with Crippen molar-refractivity contribution in [1.29, 1.82) is 0 Å². The number of piperazine rings is 2. The van der Waals surface area contributed by atoms with Gasteiger partial charge in [-0.15, -0.1) is 0 Å². The number of hydrogen-bond donors (Lipinski definition) is 1. The Morgan fingerprint density at radius 3 is 2.77 bits per heavy atom. The topological polar surface area (TPSA) is 51.7 Å². The van der Waals surface area contributed by atoms with Crippen molar-refractivity contribution in [3.63, 3.8) is 0 Å². The number of likely N-dealkylation sites (N-methyl/N-ethyl adjacent to an activating group) is 1. The Morgan fingerprint density at radius 2 is 2.05 bits per heavy atom. The summed E-state index contributed by atoms with van der Waals surface area (Å²) in [5.41, 5.74) is 0.748. The van der Waals surface area contributed by atoms with Gasteiger partial charge >= 0.3 is 0 Å². The van der Waals surface area contributed by atoms with Crippen LogP contribution in [0.1, 0.15) is 17.3 Å². The smallest absolute Gasteiger partial charge is 0.254 e. The van der Waals surface area contributed by atoms with E-state index in [0.717, 1.165) is 57.2 Å². The number of carbonyl (C=O) groups excluding carboxylic acids is 1. The van der Waals surface area contributed by atoms with E-state index in [1.54, 1.807) is 6.20 Å². The molecule has 3 rings (SSSR count). The number of carbonyl (C=O) groups is 1. The zero-order valence-corrected chi connectivity index (χ0v) is 13.5. The predicted molar refractivity (Wildman–Crippen MR) is 87.3 cm³/mol. The number of anilines is 1. The van der Waals surface area contributed by atoms with E-state index in [0.29, 0.717) is 6.04 Å². The minimum Gasteiger partial charge on any atom is -0.354 e. The van der Waals surface area contributed by atoms with Gasteiger partial charge in [-0.2, -0.15) is 0 Å². The molecule has 2 aliphatic rings. The molecule has 2 saturated heterocycles. The van der Waals surface area contributed by atoms with E-state index in [1.807, 2.05) is 17.0 Å². The van der Waals surface area contributed by atoms with Crippen LogP contribution in [-0.4, -0.2) is 79.6 Å². The number of nitrogens with one attached hydrogen (secondary N) is 1. The Hall–Kier alpha value is -1.66. The first kappa shape index (κ1) is 15.2. The molecule has 0 aromatic carbocycles. The third-order valence-electron chi connectivity index (χ3n) is 4.48. The summed E-state index contributed by atoms with van der Waals surface area (Å²) in [4.78, 5) is 23.6. The van der Waals surface area contributed by atoms with Crippen LogP contribution in [0.5, 0.6) is 0 Å². The molecule has 1 amide bonds. The van der Waals surface area contributed by atoms with E-state index >= 15 is 0 Å². The van der Waals surface area contributed by atoms with Crippen molar-refractivity contribution in [2.75, 3.05) is 57.8 Å². The normalized spacial score (nSPS) is 23.6. The second-order valence-corrected chi connectivity index (χ2v) is 6.30. The van der Waals surface area contributed by atoms with Gasteiger partial charge in [0.05, 0.1) is 0 Å². The van der Waals surface area contributed by atoms with Crippen LogP contribution < -0.4 is 10.2 Å². The average molecular weight is 303 g/mol. The first-order valence-corrected chi connectivity index (χ1v) is 8.05. The maximum absolute atomic E-state index is 12.7. The molecule has 120 valence electrons. The number of pyridine rings is 1. The number of amides is 1. The highest BCUT2D eigenvalue weighted by atomic mass is 16.2. The first-order chi connectivity index (χ1) is 10.6. The zero-order chi connectivity index (χ0) is 15.5. The van der Waals surface area contributed by atoms with Crippen molar-refractivity contribution in [3.05, 3.63) is 23.9 Å². The van der Waals surface area contributed by atoms with Gasteiger partial charge < -0.3 is 20.0 Å². The van der Waals surface area contributed by atoms with Gasteiger partial charge in [-0.3, -0.25) is 4.79 Å². The molecule has 1 N–H and O–H groups in total. The van der Waals surface area contributed by atoms with Crippen LogP contribution in [0.2, 0.25) is 0 Å². The summed E-state index contributed by atoms with van der Waals surface area (Å²) in [6.07, 6.45) is 1.76. The van der Waals surface area contributed by atoms with Crippen LogP contribution in [0, 0.1) is 0 Å². The molecule has 1 aromatic heterocycles. The van der Waals surface area contributed by atoms with Gasteiger partial charge in [-0.05, 0) is 26.1 Å². The molecule has 6 heteroatoms. The fraction of sp³-hybridized carbons (Fsp3) is 0.625. The predicted octanol–water partition coefficient (Wildman–Crippen LogP) is 0.267. The van der Waals surface area contributed by atoms with E-state index in [2.05, 4.69) is 34.1 Å². The summed E-state index contributed by atoms with van der Waals surface area (Å²) < 4.78 is 0. The Kier molecular flexibility index (Phi) is 4.59. The molecular formula is C16H25N5O. The molecule has 2 fully saturated rings. The minimum absolute atomic E-state index is 0.117. The standard InChI is InChI=1S/C16H25N5O/c1-13-12-21(6-5-17-13)16(22)14-3-4-18-15(11-14)20-9-7-19(2)8-10-20/h3-4,11,13,17H,5-10,12H2,1-2H3. The van der Waals surface area contributed by atoms with Crippen molar-refractivity contribution in [2.24, 2.45) is 0 Å². The summed E-state index contributed by atoms with van der Waals surface area (Å²) in [7, 11) is 2.14. The summed E-state index contributed by atoms with van der Waals surface area (Å²) in [5, 5.41) is 3.37. The number of aromatic nitrogens is 1. The lowest BCUT2D eigenvalue weighted by molar-refractivity contribution is 0.0709. The number of rotatable bonds is 2. The summed E-state index contributed by atoms with van der Waals surface area (Å²) in [6.45, 7) is 8.52. The van der Waals surface area contributed by atoms with E-state index in [-0.39, 0.29) is 5.91 Å². The maximum Gasteiger partial charge on any atom is 0.254 e. The van der Waals surface area contributed by atoms with E-state index in [4.69, 9.17) is 0 Å². The quantitative estimate of drug-likeness (QED) is 0.850. The fourth-order valence-corrected chi connectivity index (χ4v) is 3.06. The van der Waals surface area contributed by atoms with Crippen molar-refractivity contribution in [1.82, 2.24) is 20.1 Å². The SMILES string of the molecule is CC1CN(C(=O)c2ccnc(N3CCN(C)CC3)c2)CCN1. The molecule has 2 aliphatic heterocycles. The number of hydrogen-bond acceptors (Lipinski definition) is 5. The monoisotopic (exact) mass is 303 g/mol. The molecule has 6 nitrogen and oxygen atoms in total. The molecular weight excluding hydrogens is 278 g/mol. The number of nitrogens with zero attached hydrogens (tertiary/aromatic N) is 4. The highest BCUT2D eigenvalue weighted by molar-refractivity contribution is 5.95. The minimum atomic E-state index is 0.117. The molecule has 0 aliphatic carbocycles. The lowest BCUT2D eigenvalue weighted by Gasteiger charge is -2.34. The van der Waals surface area contributed by atoms with Gasteiger partial charge in [-0.25, -0.2) is 4.98 Å². The Labute approximate surface area is 132 Å². The summed E-state index contributed by atoms with van der Waals surface area (Å²) >= 11 is 0. The second-order valence-electron chi connectivity index (χ2n) is 6.30. The first-order valence-electron chi connectivity index (χ1n) is 8.05. The highest BCUT2D eigenvalue weighted by Crippen LogP contribution is 2.16.